The third kappa shape index (κ3) is 3.49. The topological polar surface area (TPSA) is 84.3 Å². The van der Waals surface area contributed by atoms with Crippen LogP contribution in [0.25, 0.3) is 0 Å². The van der Waals surface area contributed by atoms with E-state index in [2.05, 4.69) is 10.3 Å². The average molecular weight is 380 g/mol. The quantitative estimate of drug-likeness (QED) is 0.848. The number of rotatable bonds is 5. The highest BCUT2D eigenvalue weighted by Crippen LogP contribution is 2.25. The Kier molecular flexibility index (Phi) is 5.10. The first-order chi connectivity index (χ1) is 12.3. The largest absolute Gasteiger partial charge is 0.349 e. The van der Waals surface area contributed by atoms with E-state index in [0.717, 1.165) is 17.5 Å². The fourth-order valence-electron chi connectivity index (χ4n) is 2.96. The molecule has 0 unspecified atom stereocenters. The number of aromatic nitrogens is 2. The first kappa shape index (κ1) is 18.5. The van der Waals surface area contributed by atoms with Gasteiger partial charge in [-0.2, -0.15) is 4.31 Å². The molecule has 2 heterocycles. The van der Waals surface area contributed by atoms with E-state index < -0.39 is 15.8 Å². The molecule has 0 bridgehead atoms. The molecule has 1 aromatic heterocycles. The number of amides is 1. The summed E-state index contributed by atoms with van der Waals surface area (Å²) in [4.78, 5) is 15.9. The van der Waals surface area contributed by atoms with Crippen LogP contribution in [0.3, 0.4) is 0 Å². The molecule has 3 rings (SSSR count). The smallest absolute Gasteiger partial charge is 0.243 e. The summed E-state index contributed by atoms with van der Waals surface area (Å²) >= 11 is 0. The van der Waals surface area contributed by atoms with E-state index in [9.17, 15) is 17.6 Å². The summed E-state index contributed by atoms with van der Waals surface area (Å²) in [6, 6.07) is 5.02. The standard InChI is InChI=1S/C17H21FN4O3S/c1-3-17(23)19-10-16-20-14-7-8-22(11-15(14)21(16)2)26(24,25)13-6-4-5-12(18)9-13/h4-6,9H,3,7-8,10-11H2,1-2H3,(H,19,23). The summed E-state index contributed by atoms with van der Waals surface area (Å²) in [6.45, 7) is 2.52. The van der Waals surface area contributed by atoms with Gasteiger partial charge in [0.05, 0.1) is 29.4 Å². The van der Waals surface area contributed by atoms with Crippen LogP contribution in [-0.2, 0) is 41.4 Å². The summed E-state index contributed by atoms with van der Waals surface area (Å²) in [7, 11) is -1.98. The molecule has 0 saturated heterocycles. The van der Waals surface area contributed by atoms with E-state index >= 15 is 0 Å². The molecule has 0 spiro atoms. The molecule has 9 heteroatoms. The molecular formula is C17H21FN4O3S. The predicted molar refractivity (Wildman–Crippen MR) is 93.0 cm³/mol. The van der Waals surface area contributed by atoms with Gasteiger partial charge in [-0.15, -0.1) is 0 Å². The van der Waals surface area contributed by atoms with Gasteiger partial charge in [0, 0.05) is 26.4 Å². The van der Waals surface area contributed by atoms with Gasteiger partial charge in [0.15, 0.2) is 0 Å². The molecule has 1 amide bonds. The molecule has 1 aliphatic heterocycles. The van der Waals surface area contributed by atoms with Crippen molar-refractivity contribution in [1.82, 2.24) is 19.2 Å². The van der Waals surface area contributed by atoms with Crippen LogP contribution in [0.5, 0.6) is 0 Å². The SMILES string of the molecule is CCC(=O)NCc1nc2c(n1C)CN(S(=O)(=O)c1cccc(F)c1)CC2. The van der Waals surface area contributed by atoms with Crippen LogP contribution in [0, 0.1) is 5.82 Å². The minimum Gasteiger partial charge on any atom is -0.349 e. The number of hydrogen-bond donors (Lipinski definition) is 1. The van der Waals surface area contributed by atoms with Crippen LogP contribution in [0.1, 0.15) is 30.6 Å². The van der Waals surface area contributed by atoms with Gasteiger partial charge < -0.3 is 9.88 Å². The number of sulfonamides is 1. The maximum absolute atomic E-state index is 13.4. The van der Waals surface area contributed by atoms with E-state index in [1.165, 1.54) is 22.5 Å². The number of carbonyl (C=O) groups is 1. The van der Waals surface area contributed by atoms with Crippen LogP contribution in [0.15, 0.2) is 29.2 Å². The molecule has 1 aromatic carbocycles. The van der Waals surface area contributed by atoms with Gasteiger partial charge in [0.2, 0.25) is 15.9 Å². The molecule has 26 heavy (non-hydrogen) atoms. The zero-order valence-corrected chi connectivity index (χ0v) is 15.5. The minimum atomic E-state index is -3.78. The van der Waals surface area contributed by atoms with E-state index in [0.29, 0.717) is 25.2 Å². The van der Waals surface area contributed by atoms with Gasteiger partial charge in [-0.1, -0.05) is 13.0 Å². The van der Waals surface area contributed by atoms with Crippen LogP contribution in [0.4, 0.5) is 4.39 Å². The first-order valence-corrected chi connectivity index (χ1v) is 9.82. The minimum absolute atomic E-state index is 0.0569. The van der Waals surface area contributed by atoms with Crippen molar-refractivity contribution in [3.63, 3.8) is 0 Å². The second-order valence-corrected chi connectivity index (χ2v) is 8.09. The molecule has 0 radical (unpaired) electrons. The first-order valence-electron chi connectivity index (χ1n) is 8.38. The number of nitrogens with one attached hydrogen (secondary N) is 1. The zero-order chi connectivity index (χ0) is 18.9. The van der Waals surface area contributed by atoms with Crippen LogP contribution in [0.2, 0.25) is 0 Å². The maximum Gasteiger partial charge on any atom is 0.243 e. The van der Waals surface area contributed by atoms with E-state index in [-0.39, 0.29) is 23.9 Å². The van der Waals surface area contributed by atoms with Gasteiger partial charge in [-0.3, -0.25) is 4.79 Å². The van der Waals surface area contributed by atoms with Gasteiger partial charge in [-0.25, -0.2) is 17.8 Å². The summed E-state index contributed by atoms with van der Waals surface area (Å²) in [5, 5.41) is 2.78. The van der Waals surface area contributed by atoms with Crippen molar-refractivity contribution in [2.24, 2.45) is 7.05 Å². The Balaban J connectivity index is 1.83. The number of hydrogen-bond acceptors (Lipinski definition) is 4. The molecule has 2 aromatic rings. The molecule has 0 fully saturated rings. The zero-order valence-electron chi connectivity index (χ0n) is 14.7. The Morgan fingerprint density at radius 1 is 1.38 bits per heavy atom. The van der Waals surface area contributed by atoms with Gasteiger partial charge >= 0.3 is 0 Å². The van der Waals surface area contributed by atoms with Crippen molar-refractivity contribution < 1.29 is 17.6 Å². The maximum atomic E-state index is 13.4. The average Bonchev–Trinajstić information content (AvgIpc) is 2.95. The lowest BCUT2D eigenvalue weighted by Crippen LogP contribution is -2.36. The molecule has 0 aliphatic carbocycles. The molecule has 1 aliphatic rings. The summed E-state index contributed by atoms with van der Waals surface area (Å²) < 4.78 is 42.2. The fourth-order valence-corrected chi connectivity index (χ4v) is 4.40. The predicted octanol–water partition coefficient (Wildman–Crippen LogP) is 1.33. The van der Waals surface area contributed by atoms with Crippen molar-refractivity contribution in [3.8, 4) is 0 Å². The summed E-state index contributed by atoms with van der Waals surface area (Å²) in [5.41, 5.74) is 1.62. The van der Waals surface area contributed by atoms with Crippen LogP contribution in [-0.4, -0.2) is 34.7 Å². The van der Waals surface area contributed by atoms with Gasteiger partial charge in [-0.05, 0) is 18.2 Å². The van der Waals surface area contributed by atoms with Crippen LogP contribution >= 0.6 is 0 Å². The monoisotopic (exact) mass is 380 g/mol. The lowest BCUT2D eigenvalue weighted by Gasteiger charge is -2.26. The second-order valence-electron chi connectivity index (χ2n) is 6.16. The van der Waals surface area contributed by atoms with E-state index in [1.54, 1.807) is 14.0 Å². The summed E-state index contributed by atoms with van der Waals surface area (Å²) in [5.74, 6) is 0.0290. The van der Waals surface area contributed by atoms with Crippen molar-refractivity contribution in [2.45, 2.75) is 37.8 Å². The van der Waals surface area contributed by atoms with Gasteiger partial charge in [0.1, 0.15) is 11.6 Å². The van der Waals surface area contributed by atoms with E-state index in [1.807, 2.05) is 4.57 Å². The highest BCUT2D eigenvalue weighted by atomic mass is 32.2. The Morgan fingerprint density at radius 3 is 2.85 bits per heavy atom. The number of nitrogens with zero attached hydrogens (tertiary/aromatic N) is 3. The molecule has 0 atom stereocenters. The second kappa shape index (κ2) is 7.16. The number of benzene rings is 1. The number of carbonyl (C=O) groups excluding carboxylic acids is 1. The Hall–Kier alpha value is -2.26. The van der Waals surface area contributed by atoms with Crippen LogP contribution < -0.4 is 5.32 Å². The number of imidazole rings is 1. The molecule has 1 N–H and O–H groups in total. The lowest BCUT2D eigenvalue weighted by molar-refractivity contribution is -0.120. The normalized spacial score (nSPS) is 14.9. The highest BCUT2D eigenvalue weighted by molar-refractivity contribution is 7.89. The third-order valence-electron chi connectivity index (χ3n) is 4.51. The number of fused-ring (bicyclic) bond motifs is 1. The molecule has 0 saturated carbocycles. The molecular weight excluding hydrogens is 359 g/mol. The lowest BCUT2D eigenvalue weighted by atomic mass is 10.2. The van der Waals surface area contributed by atoms with Gasteiger partial charge in [0.25, 0.3) is 0 Å². The summed E-state index contributed by atoms with van der Waals surface area (Å²) in [6.07, 6.45) is 0.864. The Morgan fingerprint density at radius 2 is 2.15 bits per heavy atom. The molecule has 7 nitrogen and oxygen atoms in total. The Bertz CT molecular complexity index is 939. The van der Waals surface area contributed by atoms with Crippen molar-refractivity contribution in [2.75, 3.05) is 6.54 Å². The van der Waals surface area contributed by atoms with Crippen molar-refractivity contribution in [3.05, 3.63) is 47.3 Å². The molecule has 140 valence electrons. The highest BCUT2D eigenvalue weighted by Gasteiger charge is 2.31. The fraction of sp³-hybridized carbons (Fsp3) is 0.412. The Labute approximate surface area is 151 Å². The van der Waals surface area contributed by atoms with E-state index in [4.69, 9.17) is 0 Å². The van der Waals surface area contributed by atoms with Crippen molar-refractivity contribution in [1.29, 1.82) is 0 Å². The number of halogens is 1. The third-order valence-corrected chi connectivity index (χ3v) is 6.35. The van der Waals surface area contributed by atoms with Crippen molar-refractivity contribution >= 4 is 15.9 Å².